The molecule has 1 saturated carbocycles. The molecule has 0 aromatic carbocycles. The van der Waals surface area contributed by atoms with Crippen molar-refractivity contribution < 1.29 is 4.79 Å². The van der Waals surface area contributed by atoms with E-state index in [1.807, 2.05) is 0 Å². The van der Waals surface area contributed by atoms with Crippen molar-refractivity contribution in [2.75, 3.05) is 6.54 Å². The van der Waals surface area contributed by atoms with Crippen LogP contribution in [-0.4, -0.2) is 24.5 Å². The molecule has 1 unspecified atom stereocenters. The quantitative estimate of drug-likeness (QED) is 0.636. The summed E-state index contributed by atoms with van der Waals surface area (Å²) in [6.45, 7) is 0.514. The molecule has 1 aliphatic carbocycles. The number of rotatable bonds is 4. The highest BCUT2D eigenvalue weighted by Gasteiger charge is 2.14. The molecule has 0 radical (unpaired) electrons. The highest BCUT2D eigenvalue weighted by molar-refractivity contribution is 5.79. The molecule has 1 fully saturated rings. The lowest BCUT2D eigenvalue weighted by Crippen LogP contribution is -2.47. The predicted molar refractivity (Wildman–Crippen MR) is 61.3 cm³/mol. The smallest absolute Gasteiger partial charge is 0.235 e. The third kappa shape index (κ3) is 5.14. The van der Waals surface area contributed by atoms with Gasteiger partial charge in [-0.15, -0.1) is 0 Å². The van der Waals surface area contributed by atoms with Crippen LogP contribution in [0.15, 0.2) is 0 Å². The zero-order valence-corrected chi connectivity index (χ0v) is 9.37. The maximum absolute atomic E-state index is 10.8. The maximum atomic E-state index is 10.8. The number of hydrogen-bond donors (Lipinski definition) is 3. The van der Waals surface area contributed by atoms with Crippen molar-refractivity contribution in [3.05, 3.63) is 0 Å². The lowest BCUT2D eigenvalue weighted by molar-refractivity contribution is -0.119. The number of amides is 1. The Morgan fingerprint density at radius 3 is 2.27 bits per heavy atom. The normalized spacial score (nSPS) is 21.7. The van der Waals surface area contributed by atoms with Crippen molar-refractivity contribution in [1.29, 1.82) is 0 Å². The summed E-state index contributed by atoms with van der Waals surface area (Å²) in [5, 5.41) is 3.34. The summed E-state index contributed by atoms with van der Waals surface area (Å²) >= 11 is 0. The fraction of sp³-hybridized carbons (Fsp3) is 0.909. The molecule has 0 saturated heterocycles. The van der Waals surface area contributed by atoms with Crippen LogP contribution in [0.5, 0.6) is 0 Å². The van der Waals surface area contributed by atoms with Gasteiger partial charge in [-0.3, -0.25) is 4.79 Å². The van der Waals surface area contributed by atoms with Crippen LogP contribution in [0.1, 0.15) is 44.9 Å². The number of primary amides is 1. The number of carbonyl (C=O) groups excluding carboxylic acids is 1. The fourth-order valence-corrected chi connectivity index (χ4v) is 2.05. The summed E-state index contributed by atoms with van der Waals surface area (Å²) in [5.74, 6) is -0.423. The molecule has 0 bridgehead atoms. The first-order valence-electron chi connectivity index (χ1n) is 5.98. The van der Waals surface area contributed by atoms with E-state index >= 15 is 0 Å². The van der Waals surface area contributed by atoms with E-state index in [0.29, 0.717) is 12.6 Å². The Morgan fingerprint density at radius 1 is 1.20 bits per heavy atom. The average molecular weight is 213 g/mol. The number of nitrogens with one attached hydrogen (secondary N) is 1. The van der Waals surface area contributed by atoms with E-state index in [4.69, 9.17) is 11.5 Å². The van der Waals surface area contributed by atoms with Gasteiger partial charge in [-0.05, 0) is 12.8 Å². The van der Waals surface area contributed by atoms with E-state index in [2.05, 4.69) is 5.32 Å². The largest absolute Gasteiger partial charge is 0.368 e. The third-order valence-electron chi connectivity index (χ3n) is 3.10. The molecule has 0 spiro atoms. The van der Waals surface area contributed by atoms with Crippen LogP contribution in [0, 0.1) is 0 Å². The van der Waals surface area contributed by atoms with Gasteiger partial charge >= 0.3 is 0 Å². The van der Waals surface area contributed by atoms with E-state index in [0.717, 1.165) is 0 Å². The second-order valence-electron chi connectivity index (χ2n) is 4.46. The predicted octanol–water partition coefficient (Wildman–Crippen LogP) is 0.501. The van der Waals surface area contributed by atoms with Crippen molar-refractivity contribution in [2.24, 2.45) is 11.5 Å². The minimum atomic E-state index is -0.546. The Hall–Kier alpha value is -0.610. The summed E-state index contributed by atoms with van der Waals surface area (Å²) < 4.78 is 0. The SMILES string of the molecule is NC(=O)C(N)CNC1CCCCCCC1. The maximum Gasteiger partial charge on any atom is 0.235 e. The first-order valence-corrected chi connectivity index (χ1v) is 5.98. The zero-order valence-electron chi connectivity index (χ0n) is 9.37. The average Bonchev–Trinajstić information content (AvgIpc) is 2.15. The van der Waals surface area contributed by atoms with Crippen molar-refractivity contribution >= 4 is 5.91 Å². The van der Waals surface area contributed by atoms with Gasteiger partial charge in [0.2, 0.25) is 5.91 Å². The summed E-state index contributed by atoms with van der Waals surface area (Å²) in [6, 6.07) is -0.0221. The molecule has 1 rings (SSSR count). The van der Waals surface area contributed by atoms with Gasteiger partial charge in [0.05, 0.1) is 6.04 Å². The van der Waals surface area contributed by atoms with Crippen molar-refractivity contribution in [3.63, 3.8) is 0 Å². The van der Waals surface area contributed by atoms with Gasteiger partial charge in [0.25, 0.3) is 0 Å². The second kappa shape index (κ2) is 6.80. The lowest BCUT2D eigenvalue weighted by atomic mass is 9.96. The zero-order chi connectivity index (χ0) is 11.1. The van der Waals surface area contributed by atoms with Crippen molar-refractivity contribution in [3.8, 4) is 0 Å². The number of hydrogen-bond acceptors (Lipinski definition) is 3. The molecule has 4 nitrogen and oxygen atoms in total. The highest BCUT2D eigenvalue weighted by atomic mass is 16.1. The second-order valence-corrected chi connectivity index (χ2v) is 4.46. The Bertz CT molecular complexity index is 188. The Balaban J connectivity index is 2.20. The Morgan fingerprint density at radius 2 is 1.73 bits per heavy atom. The summed E-state index contributed by atoms with van der Waals surface area (Å²) in [4.78, 5) is 10.8. The van der Waals surface area contributed by atoms with Crippen LogP contribution in [0.4, 0.5) is 0 Å². The standard InChI is InChI=1S/C11H23N3O/c12-10(11(13)15)8-14-9-6-4-2-1-3-5-7-9/h9-10,14H,1-8,12H2,(H2,13,15). The van der Waals surface area contributed by atoms with E-state index < -0.39 is 11.9 Å². The van der Waals surface area contributed by atoms with Gasteiger partial charge in [0.1, 0.15) is 0 Å². The molecule has 1 aliphatic rings. The molecule has 15 heavy (non-hydrogen) atoms. The number of carbonyl (C=O) groups is 1. The first-order chi connectivity index (χ1) is 7.20. The molecule has 0 aromatic rings. The van der Waals surface area contributed by atoms with Gasteiger partial charge in [-0.25, -0.2) is 0 Å². The van der Waals surface area contributed by atoms with Crippen LogP contribution >= 0.6 is 0 Å². The first kappa shape index (κ1) is 12.5. The minimum absolute atomic E-state index is 0.423. The minimum Gasteiger partial charge on any atom is -0.368 e. The van der Waals surface area contributed by atoms with Gasteiger partial charge in [0.15, 0.2) is 0 Å². The molecule has 1 atom stereocenters. The van der Waals surface area contributed by atoms with E-state index in [9.17, 15) is 4.79 Å². The molecular weight excluding hydrogens is 190 g/mol. The molecule has 0 aliphatic heterocycles. The van der Waals surface area contributed by atoms with Crippen LogP contribution < -0.4 is 16.8 Å². The van der Waals surface area contributed by atoms with Gasteiger partial charge in [0, 0.05) is 12.6 Å². The van der Waals surface area contributed by atoms with E-state index in [1.54, 1.807) is 0 Å². The van der Waals surface area contributed by atoms with Gasteiger partial charge in [-0.1, -0.05) is 32.1 Å². The topological polar surface area (TPSA) is 81.1 Å². The van der Waals surface area contributed by atoms with Crippen LogP contribution in [0.25, 0.3) is 0 Å². The molecule has 0 aromatic heterocycles. The monoisotopic (exact) mass is 213 g/mol. The third-order valence-corrected chi connectivity index (χ3v) is 3.10. The molecular formula is C11H23N3O. The summed E-state index contributed by atoms with van der Waals surface area (Å²) in [6.07, 6.45) is 9.00. The molecule has 1 amide bonds. The summed E-state index contributed by atoms with van der Waals surface area (Å²) in [7, 11) is 0. The molecule has 5 N–H and O–H groups in total. The Labute approximate surface area is 91.8 Å². The van der Waals surface area contributed by atoms with Crippen LogP contribution in [0.2, 0.25) is 0 Å². The van der Waals surface area contributed by atoms with E-state index in [-0.39, 0.29) is 0 Å². The summed E-state index contributed by atoms with van der Waals surface area (Å²) in [5.41, 5.74) is 10.7. The lowest BCUT2D eigenvalue weighted by Gasteiger charge is -2.22. The fourth-order valence-electron chi connectivity index (χ4n) is 2.05. The van der Waals surface area contributed by atoms with Gasteiger partial charge < -0.3 is 16.8 Å². The highest BCUT2D eigenvalue weighted by Crippen LogP contribution is 2.16. The van der Waals surface area contributed by atoms with Crippen molar-refractivity contribution in [1.82, 2.24) is 5.32 Å². The van der Waals surface area contributed by atoms with Crippen molar-refractivity contribution in [2.45, 2.75) is 57.0 Å². The molecule has 4 heteroatoms. The molecule has 88 valence electrons. The Kier molecular flexibility index (Phi) is 5.65. The van der Waals surface area contributed by atoms with Crippen LogP contribution in [-0.2, 0) is 4.79 Å². The molecule has 0 heterocycles. The van der Waals surface area contributed by atoms with Crippen LogP contribution in [0.3, 0.4) is 0 Å². The van der Waals surface area contributed by atoms with Gasteiger partial charge in [-0.2, -0.15) is 0 Å². The number of nitrogens with two attached hydrogens (primary N) is 2. The van der Waals surface area contributed by atoms with E-state index in [1.165, 1.54) is 44.9 Å².